The van der Waals surface area contributed by atoms with E-state index in [0.29, 0.717) is 11.5 Å². The fraction of sp³-hybridized carbons (Fsp3) is 0.0270. The lowest BCUT2D eigenvalue weighted by Crippen LogP contribution is -1.77. The Morgan fingerprint density at radius 3 is 1.00 bits per heavy atom. The van der Waals surface area contributed by atoms with E-state index in [0.717, 1.165) is 28.7 Å². The molecule has 39 heavy (non-hydrogen) atoms. The van der Waals surface area contributed by atoms with Crippen LogP contribution in [0, 0.1) is 0 Å². The summed E-state index contributed by atoms with van der Waals surface area (Å²) in [5, 5.41) is 19.1. The van der Waals surface area contributed by atoms with Crippen molar-refractivity contribution in [3.63, 3.8) is 0 Å². The van der Waals surface area contributed by atoms with E-state index >= 15 is 0 Å². The minimum atomic E-state index is 0.328. The number of para-hydroxylation sites is 2. The van der Waals surface area contributed by atoms with Crippen LogP contribution < -0.4 is 0 Å². The van der Waals surface area contributed by atoms with Crippen LogP contribution in [0.4, 0.5) is 0 Å². The van der Waals surface area contributed by atoms with Crippen LogP contribution in [-0.2, 0) is 6.42 Å². The Hall–Kier alpha value is -5.08. The summed E-state index contributed by atoms with van der Waals surface area (Å²) in [6, 6.07) is 51.7. The number of hydrogen-bond acceptors (Lipinski definition) is 2. The molecule has 0 radical (unpaired) electrons. The van der Waals surface area contributed by atoms with Crippen LogP contribution in [0.5, 0.6) is 11.5 Å². The van der Waals surface area contributed by atoms with Crippen LogP contribution in [0.15, 0.2) is 158 Å². The molecule has 0 heterocycles. The molecule has 0 saturated heterocycles. The summed E-state index contributed by atoms with van der Waals surface area (Å²) < 4.78 is 0. The van der Waals surface area contributed by atoms with E-state index in [4.69, 9.17) is 0 Å². The third-order valence-electron chi connectivity index (χ3n) is 6.68. The molecule has 0 saturated carbocycles. The molecule has 0 unspecified atom stereocenters. The molecule has 0 aliphatic heterocycles. The second kappa shape index (κ2) is 12.4. The molecule has 0 atom stereocenters. The van der Waals surface area contributed by atoms with Gasteiger partial charge in [0.2, 0.25) is 0 Å². The SMILES string of the molecule is Oc1ccccc1-c1ccccc1.Oc1ccccc1-c1ccccc1.c1ccc2c(c1)Cc1ccccc1-2. The van der Waals surface area contributed by atoms with Crippen molar-refractivity contribution in [1.82, 2.24) is 0 Å². The van der Waals surface area contributed by atoms with E-state index in [1.807, 2.05) is 97.1 Å². The summed E-state index contributed by atoms with van der Waals surface area (Å²) in [7, 11) is 0. The van der Waals surface area contributed by atoms with Crippen molar-refractivity contribution in [1.29, 1.82) is 0 Å². The minimum Gasteiger partial charge on any atom is -0.507 e. The molecule has 6 aromatic rings. The van der Waals surface area contributed by atoms with Gasteiger partial charge >= 0.3 is 0 Å². The summed E-state index contributed by atoms with van der Waals surface area (Å²) in [5.74, 6) is 0.655. The molecule has 6 aromatic carbocycles. The zero-order chi connectivity index (χ0) is 26.9. The number of benzene rings is 6. The molecule has 0 aromatic heterocycles. The molecule has 0 amide bonds. The average Bonchev–Trinajstić information content (AvgIpc) is 3.38. The predicted molar refractivity (Wildman–Crippen MR) is 162 cm³/mol. The summed E-state index contributed by atoms with van der Waals surface area (Å²) >= 11 is 0. The van der Waals surface area contributed by atoms with Gasteiger partial charge in [0, 0.05) is 11.1 Å². The Kier molecular flexibility index (Phi) is 8.16. The van der Waals surface area contributed by atoms with Crippen LogP contribution in [0.25, 0.3) is 33.4 Å². The van der Waals surface area contributed by atoms with Crippen LogP contribution in [0.2, 0.25) is 0 Å². The third kappa shape index (κ3) is 6.26. The average molecular weight is 507 g/mol. The lowest BCUT2D eigenvalue weighted by Gasteiger charge is -2.02. The monoisotopic (exact) mass is 506 g/mol. The molecule has 2 N–H and O–H groups in total. The summed E-state index contributed by atoms with van der Waals surface area (Å²) in [4.78, 5) is 0. The number of aromatic hydroxyl groups is 2. The number of hydrogen-bond donors (Lipinski definition) is 2. The van der Waals surface area contributed by atoms with E-state index in [-0.39, 0.29) is 0 Å². The smallest absolute Gasteiger partial charge is 0.123 e. The number of phenols is 2. The highest BCUT2D eigenvalue weighted by atomic mass is 16.3. The molecule has 2 heteroatoms. The highest BCUT2D eigenvalue weighted by molar-refractivity contribution is 5.76. The lowest BCUT2D eigenvalue weighted by atomic mass is 10.1. The van der Waals surface area contributed by atoms with Gasteiger partial charge in [0.25, 0.3) is 0 Å². The topological polar surface area (TPSA) is 40.5 Å². The largest absolute Gasteiger partial charge is 0.507 e. The Balaban J connectivity index is 0.000000119. The Bertz CT molecular complexity index is 1500. The highest BCUT2D eigenvalue weighted by Gasteiger charge is 2.15. The van der Waals surface area contributed by atoms with E-state index in [1.165, 1.54) is 22.3 Å². The van der Waals surface area contributed by atoms with E-state index in [1.54, 1.807) is 12.1 Å². The minimum absolute atomic E-state index is 0.328. The first-order chi connectivity index (χ1) is 19.2. The maximum atomic E-state index is 9.56. The molecule has 1 aliphatic rings. The van der Waals surface area contributed by atoms with Gasteiger partial charge in [-0.05, 0) is 51.9 Å². The maximum absolute atomic E-state index is 9.56. The quantitative estimate of drug-likeness (QED) is 0.245. The third-order valence-corrected chi connectivity index (χ3v) is 6.68. The molecule has 1 aliphatic carbocycles. The first-order valence-corrected chi connectivity index (χ1v) is 13.0. The lowest BCUT2D eigenvalue weighted by molar-refractivity contribution is 0.477. The van der Waals surface area contributed by atoms with Gasteiger partial charge in [-0.25, -0.2) is 0 Å². The van der Waals surface area contributed by atoms with Crippen LogP contribution in [0.3, 0.4) is 0 Å². The van der Waals surface area contributed by atoms with Crippen molar-refractivity contribution < 1.29 is 10.2 Å². The first-order valence-electron chi connectivity index (χ1n) is 13.0. The fourth-order valence-electron chi connectivity index (χ4n) is 4.75. The van der Waals surface area contributed by atoms with Crippen LogP contribution >= 0.6 is 0 Å². The van der Waals surface area contributed by atoms with Crippen molar-refractivity contribution in [2.45, 2.75) is 6.42 Å². The molecule has 0 fully saturated rings. The van der Waals surface area contributed by atoms with Gasteiger partial charge in [0.05, 0.1) is 0 Å². The van der Waals surface area contributed by atoms with Crippen molar-refractivity contribution in [3.05, 3.63) is 169 Å². The van der Waals surface area contributed by atoms with Gasteiger partial charge in [-0.15, -0.1) is 0 Å². The molecule has 190 valence electrons. The standard InChI is InChI=1S/C13H10.2C12H10O/c1-3-7-12-10(5-1)9-11-6-2-4-8-13(11)12;2*13-12-9-5-4-8-11(12)10-6-2-1-3-7-10/h1-8H,9H2;2*1-9,13H. The normalized spacial score (nSPS) is 10.7. The van der Waals surface area contributed by atoms with Crippen molar-refractivity contribution in [3.8, 4) is 44.9 Å². The molecule has 7 rings (SSSR count). The maximum Gasteiger partial charge on any atom is 0.123 e. The zero-order valence-electron chi connectivity index (χ0n) is 21.6. The molecule has 2 nitrogen and oxygen atoms in total. The van der Waals surface area contributed by atoms with Gasteiger partial charge in [-0.3, -0.25) is 0 Å². The predicted octanol–water partition coefficient (Wildman–Crippen LogP) is 9.38. The van der Waals surface area contributed by atoms with Crippen molar-refractivity contribution >= 4 is 0 Å². The van der Waals surface area contributed by atoms with Crippen LogP contribution in [-0.4, -0.2) is 10.2 Å². The second-order valence-electron chi connectivity index (χ2n) is 9.26. The van der Waals surface area contributed by atoms with Gasteiger partial charge in [-0.1, -0.05) is 146 Å². The summed E-state index contributed by atoms with van der Waals surface area (Å²) in [6.45, 7) is 0. The molecule has 0 bridgehead atoms. The first kappa shape index (κ1) is 25.6. The number of rotatable bonds is 2. The van der Waals surface area contributed by atoms with E-state index in [9.17, 15) is 10.2 Å². The van der Waals surface area contributed by atoms with Gasteiger partial charge in [0.1, 0.15) is 11.5 Å². The second-order valence-corrected chi connectivity index (χ2v) is 9.26. The van der Waals surface area contributed by atoms with Crippen LogP contribution in [0.1, 0.15) is 11.1 Å². The highest BCUT2D eigenvalue weighted by Crippen LogP contribution is 2.35. The Morgan fingerprint density at radius 1 is 0.308 bits per heavy atom. The molecule has 0 spiro atoms. The zero-order valence-corrected chi connectivity index (χ0v) is 21.6. The molecular formula is C37H30O2. The molecular weight excluding hydrogens is 476 g/mol. The Labute approximate surface area is 230 Å². The number of phenolic OH excluding ortho intramolecular Hbond substituents is 2. The van der Waals surface area contributed by atoms with Crippen molar-refractivity contribution in [2.75, 3.05) is 0 Å². The summed E-state index contributed by atoms with van der Waals surface area (Å²) in [5.41, 5.74) is 9.59. The van der Waals surface area contributed by atoms with E-state index < -0.39 is 0 Å². The van der Waals surface area contributed by atoms with E-state index in [2.05, 4.69) is 48.5 Å². The van der Waals surface area contributed by atoms with Gasteiger partial charge < -0.3 is 10.2 Å². The van der Waals surface area contributed by atoms with Crippen molar-refractivity contribution in [2.24, 2.45) is 0 Å². The number of fused-ring (bicyclic) bond motifs is 3. The summed E-state index contributed by atoms with van der Waals surface area (Å²) in [6.07, 6.45) is 1.10. The fourth-order valence-corrected chi connectivity index (χ4v) is 4.75. The van der Waals surface area contributed by atoms with Gasteiger partial charge in [-0.2, -0.15) is 0 Å². The Morgan fingerprint density at radius 2 is 0.615 bits per heavy atom. The van der Waals surface area contributed by atoms with Gasteiger partial charge in [0.15, 0.2) is 0 Å².